The van der Waals surface area contributed by atoms with Gasteiger partial charge in [0.05, 0.1) is 12.8 Å². The minimum atomic E-state index is -0.313. The smallest absolute Gasteiger partial charge is 0.222 e. The van der Waals surface area contributed by atoms with E-state index in [2.05, 4.69) is 42.9 Å². The number of nitrogens with zero attached hydrogens (tertiary/aromatic N) is 5. The van der Waals surface area contributed by atoms with E-state index in [1.807, 2.05) is 0 Å². The Bertz CT molecular complexity index is 1030. The molecule has 24 heavy (non-hydrogen) atoms. The van der Waals surface area contributed by atoms with Crippen LogP contribution >= 0.6 is 22.6 Å². The molecule has 0 bridgehead atoms. The second kappa shape index (κ2) is 5.82. The molecule has 0 aliphatic carbocycles. The molecule has 7 nitrogen and oxygen atoms in total. The van der Waals surface area contributed by atoms with Crippen molar-refractivity contribution in [2.45, 2.75) is 6.54 Å². The lowest BCUT2D eigenvalue weighted by Crippen LogP contribution is -2.06. The van der Waals surface area contributed by atoms with E-state index in [4.69, 9.17) is 10.2 Å². The maximum atomic E-state index is 14.0. The Balaban J connectivity index is 1.85. The second-order valence-corrected chi connectivity index (χ2v) is 6.31. The molecule has 4 rings (SSSR count). The molecule has 0 spiro atoms. The molecule has 1 aromatic carbocycles. The average molecular weight is 436 g/mol. The molecule has 0 radical (unpaired) electrons. The van der Waals surface area contributed by atoms with Crippen molar-refractivity contribution in [3.05, 3.63) is 51.5 Å². The van der Waals surface area contributed by atoms with Crippen LogP contribution in [-0.4, -0.2) is 25.0 Å². The summed E-state index contributed by atoms with van der Waals surface area (Å²) in [5.74, 6) is 0.273. The zero-order valence-electron chi connectivity index (χ0n) is 12.1. The van der Waals surface area contributed by atoms with E-state index in [9.17, 15) is 4.39 Å². The van der Waals surface area contributed by atoms with Gasteiger partial charge in [-0.05, 0) is 52.9 Å². The van der Waals surface area contributed by atoms with Crippen molar-refractivity contribution >= 4 is 39.7 Å². The largest absolute Gasteiger partial charge is 0.463 e. The topological polar surface area (TPSA) is 95.6 Å². The van der Waals surface area contributed by atoms with Gasteiger partial charge in [-0.2, -0.15) is 4.98 Å². The van der Waals surface area contributed by atoms with E-state index >= 15 is 0 Å². The standard InChI is InChI=1S/C15H10FIN6O/c16-10-4-3-9(17)6-8(10)7-23-14-13(21-22-23)12(19-15(18)20-14)11-2-1-5-24-11/h1-6H,7H2,(H2,18,19,20). The fourth-order valence-electron chi connectivity index (χ4n) is 2.39. The normalized spacial score (nSPS) is 11.2. The summed E-state index contributed by atoms with van der Waals surface area (Å²) in [4.78, 5) is 8.37. The minimum absolute atomic E-state index is 0.0700. The lowest BCUT2D eigenvalue weighted by Gasteiger charge is -2.05. The molecule has 3 aromatic heterocycles. The van der Waals surface area contributed by atoms with E-state index < -0.39 is 0 Å². The van der Waals surface area contributed by atoms with Crippen LogP contribution in [0.4, 0.5) is 10.3 Å². The van der Waals surface area contributed by atoms with Crippen molar-refractivity contribution in [2.75, 3.05) is 5.73 Å². The molecular weight excluding hydrogens is 426 g/mol. The van der Waals surface area contributed by atoms with E-state index in [-0.39, 0.29) is 18.3 Å². The average Bonchev–Trinajstić information content (AvgIpc) is 3.21. The number of aromatic nitrogens is 5. The Kier molecular flexibility index (Phi) is 3.63. The Hall–Kier alpha value is -2.56. The first-order valence-corrected chi connectivity index (χ1v) is 8.04. The van der Waals surface area contributed by atoms with Crippen LogP contribution in [0, 0.1) is 9.39 Å². The molecule has 9 heteroatoms. The zero-order valence-corrected chi connectivity index (χ0v) is 14.3. The van der Waals surface area contributed by atoms with Gasteiger partial charge in [0.25, 0.3) is 0 Å². The molecule has 0 aliphatic heterocycles. The summed E-state index contributed by atoms with van der Waals surface area (Å²) < 4.78 is 21.8. The molecule has 0 aliphatic rings. The number of furan rings is 1. The molecule has 0 unspecified atom stereocenters. The van der Waals surface area contributed by atoms with E-state index in [1.54, 1.807) is 24.3 Å². The molecule has 3 heterocycles. The summed E-state index contributed by atoms with van der Waals surface area (Å²) in [7, 11) is 0. The zero-order chi connectivity index (χ0) is 16.7. The van der Waals surface area contributed by atoms with Crippen LogP contribution < -0.4 is 5.73 Å². The Morgan fingerprint density at radius 3 is 2.92 bits per heavy atom. The maximum absolute atomic E-state index is 14.0. The third kappa shape index (κ3) is 2.60. The van der Waals surface area contributed by atoms with Gasteiger partial charge in [-0.3, -0.25) is 0 Å². The molecule has 4 aromatic rings. The van der Waals surface area contributed by atoms with E-state index in [0.29, 0.717) is 28.2 Å². The lowest BCUT2D eigenvalue weighted by molar-refractivity contribution is 0.580. The molecule has 0 saturated heterocycles. The van der Waals surface area contributed by atoms with Gasteiger partial charge < -0.3 is 10.2 Å². The molecule has 0 amide bonds. The molecule has 0 saturated carbocycles. The first-order chi connectivity index (χ1) is 11.6. The van der Waals surface area contributed by atoms with Gasteiger partial charge in [0.2, 0.25) is 5.95 Å². The number of benzene rings is 1. The van der Waals surface area contributed by atoms with Gasteiger partial charge in [0.1, 0.15) is 11.5 Å². The van der Waals surface area contributed by atoms with Crippen molar-refractivity contribution in [2.24, 2.45) is 0 Å². The number of hydrogen-bond acceptors (Lipinski definition) is 6. The van der Waals surface area contributed by atoms with Crippen LogP contribution in [0.5, 0.6) is 0 Å². The van der Waals surface area contributed by atoms with Crippen molar-refractivity contribution in [3.63, 3.8) is 0 Å². The third-order valence-corrected chi connectivity index (χ3v) is 4.13. The van der Waals surface area contributed by atoms with Crippen molar-refractivity contribution in [1.29, 1.82) is 0 Å². The number of nitrogen functional groups attached to an aromatic ring is 1. The first-order valence-electron chi connectivity index (χ1n) is 6.96. The highest BCUT2D eigenvalue weighted by Crippen LogP contribution is 2.26. The third-order valence-electron chi connectivity index (χ3n) is 3.46. The fraction of sp³-hybridized carbons (Fsp3) is 0.0667. The van der Waals surface area contributed by atoms with Crippen LogP contribution in [0.15, 0.2) is 41.0 Å². The number of fused-ring (bicyclic) bond motifs is 1. The van der Waals surface area contributed by atoms with Crippen LogP contribution in [0.2, 0.25) is 0 Å². The summed E-state index contributed by atoms with van der Waals surface area (Å²) in [6.45, 7) is 0.188. The van der Waals surface area contributed by atoms with Gasteiger partial charge in [0, 0.05) is 9.13 Å². The summed E-state index contributed by atoms with van der Waals surface area (Å²) in [5, 5.41) is 8.18. The number of rotatable bonds is 3. The van der Waals surface area contributed by atoms with Crippen molar-refractivity contribution < 1.29 is 8.81 Å². The van der Waals surface area contributed by atoms with Gasteiger partial charge in [-0.15, -0.1) is 5.10 Å². The van der Waals surface area contributed by atoms with Crippen molar-refractivity contribution in [3.8, 4) is 11.5 Å². The van der Waals surface area contributed by atoms with Crippen LogP contribution in [0.1, 0.15) is 5.56 Å². The van der Waals surface area contributed by atoms with Crippen LogP contribution in [0.25, 0.3) is 22.6 Å². The fourth-order valence-corrected chi connectivity index (χ4v) is 2.95. The van der Waals surface area contributed by atoms with E-state index in [1.165, 1.54) is 17.0 Å². The lowest BCUT2D eigenvalue weighted by atomic mass is 10.2. The van der Waals surface area contributed by atoms with Crippen LogP contribution in [0.3, 0.4) is 0 Å². The van der Waals surface area contributed by atoms with Crippen molar-refractivity contribution in [1.82, 2.24) is 25.0 Å². The van der Waals surface area contributed by atoms with Gasteiger partial charge in [-0.25, -0.2) is 14.1 Å². The number of halogens is 2. The molecule has 0 atom stereocenters. The minimum Gasteiger partial charge on any atom is -0.463 e. The summed E-state index contributed by atoms with van der Waals surface area (Å²) in [5.41, 5.74) is 7.62. The molecule has 120 valence electrons. The highest BCUT2D eigenvalue weighted by molar-refractivity contribution is 14.1. The van der Waals surface area contributed by atoms with Gasteiger partial charge in [0.15, 0.2) is 16.9 Å². The van der Waals surface area contributed by atoms with Gasteiger partial charge in [-0.1, -0.05) is 5.21 Å². The van der Waals surface area contributed by atoms with Crippen LogP contribution in [-0.2, 0) is 6.54 Å². The number of nitrogens with two attached hydrogens (primary N) is 1. The highest BCUT2D eigenvalue weighted by Gasteiger charge is 2.17. The maximum Gasteiger partial charge on any atom is 0.222 e. The highest BCUT2D eigenvalue weighted by atomic mass is 127. The summed E-state index contributed by atoms with van der Waals surface area (Å²) in [6, 6.07) is 8.37. The molecule has 2 N–H and O–H groups in total. The van der Waals surface area contributed by atoms with Gasteiger partial charge >= 0.3 is 0 Å². The number of anilines is 1. The Morgan fingerprint density at radius 2 is 2.12 bits per heavy atom. The Labute approximate surface area is 148 Å². The summed E-state index contributed by atoms with van der Waals surface area (Å²) >= 11 is 2.13. The molecule has 0 fully saturated rings. The Morgan fingerprint density at radius 1 is 1.25 bits per heavy atom. The van der Waals surface area contributed by atoms with E-state index in [0.717, 1.165) is 3.57 Å². The quantitative estimate of drug-likeness (QED) is 0.497. The first kappa shape index (κ1) is 15.0. The monoisotopic (exact) mass is 436 g/mol. The predicted octanol–water partition coefficient (Wildman–Crippen LogP) is 2.86. The predicted molar refractivity (Wildman–Crippen MR) is 93.5 cm³/mol. The number of hydrogen-bond donors (Lipinski definition) is 1. The SMILES string of the molecule is Nc1nc(-c2ccco2)c2nnn(Cc3cc(I)ccc3F)c2n1. The summed E-state index contributed by atoms with van der Waals surface area (Å²) in [6.07, 6.45) is 1.53. The second-order valence-electron chi connectivity index (χ2n) is 5.06. The molecular formula is C15H10FIN6O.